The molecular formula is C31H44O3. The minimum absolute atomic E-state index is 0.0433. The number of hydrogen-bond acceptors (Lipinski definition) is 3. The fourth-order valence-corrected chi connectivity index (χ4v) is 9.94. The second-order valence-corrected chi connectivity index (χ2v) is 15.0. The molecule has 0 aromatic carbocycles. The van der Waals surface area contributed by atoms with Crippen LogP contribution in [0.15, 0.2) is 23.3 Å². The first-order valence-corrected chi connectivity index (χ1v) is 13.6. The molecule has 5 aliphatic rings. The normalized spacial score (nSPS) is 49.0. The van der Waals surface area contributed by atoms with Gasteiger partial charge in [0.1, 0.15) is 0 Å². The van der Waals surface area contributed by atoms with Gasteiger partial charge in [-0.25, -0.2) is 0 Å². The number of carbonyl (C=O) groups excluding carboxylic acids is 3. The van der Waals surface area contributed by atoms with E-state index < -0.39 is 10.8 Å². The van der Waals surface area contributed by atoms with Crippen molar-refractivity contribution in [3.05, 3.63) is 23.3 Å². The van der Waals surface area contributed by atoms with Crippen molar-refractivity contribution in [2.45, 2.75) is 100 Å². The number of rotatable bonds is 1. The SMILES string of the molecule is CC1(C)CC[C@]2(C)CC[C@]3(C)C(C(=O)C=C4[C@@]5(C)C=C(C=O)C(=O)C(C)(C)[C@@H]5CC[C@]43C)C2C1. The Morgan fingerprint density at radius 2 is 1.53 bits per heavy atom. The minimum atomic E-state index is -0.610. The summed E-state index contributed by atoms with van der Waals surface area (Å²) in [6.07, 6.45) is 12.5. The molecule has 3 saturated carbocycles. The van der Waals surface area contributed by atoms with Crippen LogP contribution in [0.2, 0.25) is 0 Å². The molecule has 34 heavy (non-hydrogen) atoms. The van der Waals surface area contributed by atoms with Gasteiger partial charge in [-0.15, -0.1) is 0 Å². The molecule has 0 spiro atoms. The molecule has 0 amide bonds. The third kappa shape index (κ3) is 2.79. The molecule has 0 aromatic rings. The summed E-state index contributed by atoms with van der Waals surface area (Å²) in [4.78, 5) is 39.3. The van der Waals surface area contributed by atoms with Crippen LogP contribution in [0.25, 0.3) is 0 Å². The molecule has 0 saturated heterocycles. The van der Waals surface area contributed by atoms with Crippen LogP contribution in [0.1, 0.15) is 100 Å². The van der Waals surface area contributed by atoms with Crippen LogP contribution < -0.4 is 0 Å². The highest BCUT2D eigenvalue weighted by Gasteiger charge is 2.69. The summed E-state index contributed by atoms with van der Waals surface area (Å²) in [5.41, 5.74) is 0.756. The van der Waals surface area contributed by atoms with Gasteiger partial charge in [0.2, 0.25) is 0 Å². The van der Waals surface area contributed by atoms with Crippen molar-refractivity contribution in [2.75, 3.05) is 0 Å². The highest BCUT2D eigenvalue weighted by atomic mass is 16.1. The minimum Gasteiger partial charge on any atom is -0.298 e. The fourth-order valence-electron chi connectivity index (χ4n) is 9.94. The molecular weight excluding hydrogens is 420 g/mol. The molecule has 7 atom stereocenters. The Morgan fingerprint density at radius 3 is 2.18 bits per heavy atom. The van der Waals surface area contributed by atoms with Gasteiger partial charge in [0.15, 0.2) is 17.9 Å². The first-order chi connectivity index (χ1) is 15.6. The zero-order valence-corrected chi connectivity index (χ0v) is 22.6. The lowest BCUT2D eigenvalue weighted by atomic mass is 9.34. The van der Waals surface area contributed by atoms with Crippen LogP contribution in [0, 0.1) is 50.2 Å². The maximum absolute atomic E-state index is 14.2. The predicted octanol–water partition coefficient (Wildman–Crippen LogP) is 6.90. The zero-order valence-electron chi connectivity index (χ0n) is 22.6. The summed E-state index contributed by atoms with van der Waals surface area (Å²) in [7, 11) is 0. The van der Waals surface area contributed by atoms with Gasteiger partial charge >= 0.3 is 0 Å². The van der Waals surface area contributed by atoms with Gasteiger partial charge in [-0.2, -0.15) is 0 Å². The van der Waals surface area contributed by atoms with Gasteiger partial charge in [0.25, 0.3) is 0 Å². The van der Waals surface area contributed by atoms with E-state index in [0.717, 1.165) is 32.0 Å². The van der Waals surface area contributed by atoms with Crippen LogP contribution in [0.4, 0.5) is 0 Å². The molecule has 0 bridgehead atoms. The third-order valence-corrected chi connectivity index (χ3v) is 12.3. The summed E-state index contributed by atoms with van der Waals surface area (Å²) in [6.45, 7) is 18.2. The van der Waals surface area contributed by atoms with Gasteiger partial charge in [0.05, 0.1) is 5.57 Å². The van der Waals surface area contributed by atoms with E-state index in [1.54, 1.807) is 0 Å². The number of aldehydes is 1. The molecule has 0 aliphatic heterocycles. The third-order valence-electron chi connectivity index (χ3n) is 12.3. The van der Waals surface area contributed by atoms with Crippen molar-refractivity contribution in [3.8, 4) is 0 Å². The van der Waals surface area contributed by atoms with Crippen LogP contribution in [0.5, 0.6) is 0 Å². The second-order valence-electron chi connectivity index (χ2n) is 15.0. The average molecular weight is 465 g/mol. The summed E-state index contributed by atoms with van der Waals surface area (Å²) < 4.78 is 0. The number of allylic oxidation sites excluding steroid dienone is 4. The highest BCUT2D eigenvalue weighted by molar-refractivity contribution is 6.15. The van der Waals surface area contributed by atoms with E-state index in [-0.39, 0.29) is 39.3 Å². The lowest BCUT2D eigenvalue weighted by molar-refractivity contribution is -0.168. The first-order valence-electron chi connectivity index (χ1n) is 13.6. The van der Waals surface area contributed by atoms with Crippen LogP contribution in [-0.4, -0.2) is 17.9 Å². The smallest absolute Gasteiger partial charge is 0.171 e. The Bertz CT molecular complexity index is 1040. The molecule has 186 valence electrons. The van der Waals surface area contributed by atoms with Gasteiger partial charge in [-0.3, -0.25) is 14.4 Å². The summed E-state index contributed by atoms with van der Waals surface area (Å²) in [5.74, 6) is 0.853. The molecule has 0 N–H and O–H groups in total. The summed E-state index contributed by atoms with van der Waals surface area (Å²) in [5, 5.41) is 0. The van der Waals surface area contributed by atoms with Gasteiger partial charge in [-0.1, -0.05) is 67.0 Å². The van der Waals surface area contributed by atoms with E-state index in [2.05, 4.69) is 41.5 Å². The number of Topliss-reactive ketones (excluding diaryl/α,β-unsaturated/α-hetero) is 1. The molecule has 3 nitrogen and oxygen atoms in total. The van der Waals surface area contributed by atoms with Crippen molar-refractivity contribution >= 4 is 17.9 Å². The van der Waals surface area contributed by atoms with E-state index >= 15 is 0 Å². The summed E-state index contributed by atoms with van der Waals surface area (Å²) >= 11 is 0. The van der Waals surface area contributed by atoms with Crippen molar-refractivity contribution < 1.29 is 14.4 Å². The van der Waals surface area contributed by atoms with E-state index in [4.69, 9.17) is 0 Å². The molecule has 5 rings (SSSR count). The van der Waals surface area contributed by atoms with Crippen molar-refractivity contribution in [3.63, 3.8) is 0 Å². The molecule has 5 aliphatic carbocycles. The van der Waals surface area contributed by atoms with Gasteiger partial charge < -0.3 is 0 Å². The molecule has 2 unspecified atom stereocenters. The number of fused-ring (bicyclic) bond motifs is 7. The van der Waals surface area contributed by atoms with Crippen LogP contribution >= 0.6 is 0 Å². The average Bonchev–Trinajstić information content (AvgIpc) is 2.74. The first kappa shape index (κ1) is 24.2. The van der Waals surface area contributed by atoms with Gasteiger partial charge in [0, 0.05) is 16.7 Å². The molecule has 3 heteroatoms. The Hall–Kier alpha value is -1.51. The second kappa shape index (κ2) is 6.83. The van der Waals surface area contributed by atoms with Crippen molar-refractivity contribution in [1.29, 1.82) is 0 Å². The van der Waals surface area contributed by atoms with Crippen LogP contribution in [-0.2, 0) is 14.4 Å². The number of ketones is 2. The lowest BCUT2D eigenvalue weighted by Crippen LogP contribution is -2.64. The molecule has 0 heterocycles. The fraction of sp³-hybridized carbons (Fsp3) is 0.774. The van der Waals surface area contributed by atoms with Crippen molar-refractivity contribution in [2.24, 2.45) is 50.2 Å². The maximum atomic E-state index is 14.2. The Labute approximate surface area is 206 Å². The van der Waals surface area contributed by atoms with E-state index in [0.29, 0.717) is 17.3 Å². The van der Waals surface area contributed by atoms with Crippen molar-refractivity contribution in [1.82, 2.24) is 0 Å². The molecule has 0 radical (unpaired) electrons. The lowest BCUT2D eigenvalue weighted by Gasteiger charge is -2.69. The number of hydrogen-bond donors (Lipinski definition) is 0. The standard InChI is InChI=1S/C31H44O3/c1-26(2)11-12-28(5)13-14-31(8)24(20(28)17-26)21(33)15-23-29(6)16-19(18-32)25(34)27(3,4)22(29)9-10-30(23,31)7/h15-16,18,20,22,24H,9-14,17H2,1-8H3/t20?,22-,24?,28+,29-,30+,31+/m0/s1. The Morgan fingerprint density at radius 1 is 0.882 bits per heavy atom. The monoisotopic (exact) mass is 464 g/mol. The topological polar surface area (TPSA) is 51.2 Å². The summed E-state index contributed by atoms with van der Waals surface area (Å²) in [6, 6.07) is 0. The largest absolute Gasteiger partial charge is 0.298 e. The van der Waals surface area contributed by atoms with Crippen LogP contribution in [0.3, 0.4) is 0 Å². The highest BCUT2D eigenvalue weighted by Crippen LogP contribution is 2.74. The predicted molar refractivity (Wildman–Crippen MR) is 135 cm³/mol. The quantitative estimate of drug-likeness (QED) is 0.313. The number of carbonyl (C=O) groups is 3. The van der Waals surface area contributed by atoms with Gasteiger partial charge in [-0.05, 0) is 84.5 Å². The Kier molecular flexibility index (Phi) is 4.86. The molecule has 0 aromatic heterocycles. The zero-order chi connectivity index (χ0) is 25.1. The van der Waals surface area contributed by atoms with E-state index in [1.807, 2.05) is 26.0 Å². The van der Waals surface area contributed by atoms with E-state index in [9.17, 15) is 14.4 Å². The van der Waals surface area contributed by atoms with E-state index in [1.165, 1.54) is 24.8 Å². The molecule has 3 fully saturated rings. The maximum Gasteiger partial charge on any atom is 0.171 e. The Balaban J connectivity index is 1.69.